The van der Waals surface area contributed by atoms with Gasteiger partial charge in [-0.05, 0) is 31.9 Å². The zero-order valence-corrected chi connectivity index (χ0v) is 12.8. The molecule has 0 bridgehead atoms. The van der Waals surface area contributed by atoms with Crippen LogP contribution in [0, 0.1) is 6.92 Å². The molecule has 0 aliphatic carbocycles. The molecule has 0 saturated heterocycles. The molecule has 2 aromatic rings. The Hall–Kier alpha value is -2.17. The zero-order chi connectivity index (χ0) is 15.2. The minimum absolute atomic E-state index is 0.0625. The fraction of sp³-hybridized carbons (Fsp3) is 0.438. The lowest BCUT2D eigenvalue weighted by Gasteiger charge is -2.18. The van der Waals surface area contributed by atoms with E-state index in [1.165, 1.54) is 0 Å². The Bertz CT molecular complexity index is 584. The number of carbonyl (C=O) groups is 1. The first-order valence-electron chi connectivity index (χ1n) is 7.35. The number of benzene rings is 1. The monoisotopic (exact) mass is 287 g/mol. The van der Waals surface area contributed by atoms with Crippen LogP contribution in [-0.2, 0) is 0 Å². The molecule has 1 amide bonds. The Morgan fingerprint density at radius 2 is 1.71 bits per heavy atom. The minimum Gasteiger partial charge on any atom is -0.412 e. The molecule has 0 atom stereocenters. The molecule has 0 radical (unpaired) electrons. The van der Waals surface area contributed by atoms with Crippen LogP contribution in [0.25, 0.3) is 11.5 Å². The van der Waals surface area contributed by atoms with Crippen molar-refractivity contribution in [1.29, 1.82) is 0 Å². The predicted octanol–water partition coefficient (Wildman–Crippen LogP) is 3.31. The molecular formula is C16H21N3O2. The molecule has 0 saturated carbocycles. The van der Waals surface area contributed by atoms with E-state index in [0.717, 1.165) is 24.0 Å². The van der Waals surface area contributed by atoms with Crippen LogP contribution in [0.4, 0.5) is 0 Å². The van der Waals surface area contributed by atoms with Crippen LogP contribution in [0.1, 0.15) is 42.9 Å². The molecule has 112 valence electrons. The van der Waals surface area contributed by atoms with Crippen LogP contribution in [-0.4, -0.2) is 34.1 Å². The molecule has 1 heterocycles. The topological polar surface area (TPSA) is 59.2 Å². The quantitative estimate of drug-likeness (QED) is 0.818. The Kier molecular flexibility index (Phi) is 5.09. The van der Waals surface area contributed by atoms with E-state index in [1.54, 1.807) is 4.90 Å². The summed E-state index contributed by atoms with van der Waals surface area (Å²) >= 11 is 0. The summed E-state index contributed by atoms with van der Waals surface area (Å²) in [7, 11) is 0. The van der Waals surface area contributed by atoms with Gasteiger partial charge in [-0.3, -0.25) is 4.79 Å². The Morgan fingerprint density at radius 3 is 2.29 bits per heavy atom. The number of nitrogens with zero attached hydrogens (tertiary/aromatic N) is 3. The van der Waals surface area contributed by atoms with Crippen LogP contribution in [0.2, 0.25) is 0 Å². The van der Waals surface area contributed by atoms with Crippen molar-refractivity contribution < 1.29 is 9.21 Å². The highest BCUT2D eigenvalue weighted by Gasteiger charge is 2.21. The number of rotatable bonds is 6. The summed E-state index contributed by atoms with van der Waals surface area (Å²) < 4.78 is 5.53. The van der Waals surface area contributed by atoms with Crippen molar-refractivity contribution >= 4 is 5.91 Å². The molecule has 5 nitrogen and oxygen atoms in total. The lowest BCUT2D eigenvalue weighted by Crippen LogP contribution is -2.32. The molecule has 21 heavy (non-hydrogen) atoms. The molecule has 0 aliphatic rings. The Labute approximate surface area is 125 Å². The molecule has 2 rings (SSSR count). The van der Waals surface area contributed by atoms with Crippen molar-refractivity contribution in [2.75, 3.05) is 13.1 Å². The van der Waals surface area contributed by atoms with Gasteiger partial charge in [0.25, 0.3) is 0 Å². The highest BCUT2D eigenvalue weighted by Crippen LogP contribution is 2.19. The third-order valence-corrected chi connectivity index (χ3v) is 3.18. The maximum atomic E-state index is 12.4. The molecule has 0 unspecified atom stereocenters. The third-order valence-electron chi connectivity index (χ3n) is 3.18. The van der Waals surface area contributed by atoms with Crippen molar-refractivity contribution in [3.63, 3.8) is 0 Å². The van der Waals surface area contributed by atoms with E-state index in [1.807, 2.05) is 45.0 Å². The average molecular weight is 287 g/mol. The SMILES string of the molecule is CCCN(CCC)C(=O)c1nnc(-c2ccc(C)cc2)o1. The van der Waals surface area contributed by atoms with E-state index in [0.29, 0.717) is 19.0 Å². The van der Waals surface area contributed by atoms with E-state index >= 15 is 0 Å². The summed E-state index contributed by atoms with van der Waals surface area (Å²) in [6.45, 7) is 7.51. The Morgan fingerprint density at radius 1 is 1.10 bits per heavy atom. The normalized spacial score (nSPS) is 10.6. The zero-order valence-electron chi connectivity index (χ0n) is 12.8. The minimum atomic E-state index is -0.190. The van der Waals surface area contributed by atoms with Crippen LogP contribution >= 0.6 is 0 Å². The second-order valence-corrected chi connectivity index (χ2v) is 5.07. The maximum absolute atomic E-state index is 12.4. The summed E-state index contributed by atoms with van der Waals surface area (Å²) in [4.78, 5) is 14.1. The van der Waals surface area contributed by atoms with Crippen molar-refractivity contribution in [1.82, 2.24) is 15.1 Å². The standard InChI is InChI=1S/C16H21N3O2/c1-4-10-19(11-5-2)16(20)15-18-17-14(21-15)13-8-6-12(3)7-9-13/h6-9H,4-5,10-11H2,1-3H3. The summed E-state index contributed by atoms with van der Waals surface area (Å²) in [5.41, 5.74) is 1.98. The number of aryl methyl sites for hydroxylation is 1. The van der Waals surface area contributed by atoms with Gasteiger partial charge in [-0.15, -0.1) is 10.2 Å². The molecule has 0 fully saturated rings. The second-order valence-electron chi connectivity index (χ2n) is 5.07. The summed E-state index contributed by atoms with van der Waals surface area (Å²) in [6, 6.07) is 7.77. The molecule has 0 N–H and O–H groups in total. The van der Waals surface area contributed by atoms with Gasteiger partial charge in [0.05, 0.1) is 0 Å². The summed E-state index contributed by atoms with van der Waals surface area (Å²) in [6.07, 6.45) is 1.81. The van der Waals surface area contributed by atoms with E-state index in [9.17, 15) is 4.79 Å². The van der Waals surface area contributed by atoms with E-state index < -0.39 is 0 Å². The summed E-state index contributed by atoms with van der Waals surface area (Å²) in [5, 5.41) is 7.87. The van der Waals surface area contributed by atoms with Gasteiger partial charge in [0.1, 0.15) is 0 Å². The number of aromatic nitrogens is 2. The molecule has 0 aliphatic heterocycles. The number of amides is 1. The van der Waals surface area contributed by atoms with Gasteiger partial charge >= 0.3 is 11.8 Å². The van der Waals surface area contributed by atoms with Gasteiger partial charge < -0.3 is 9.32 Å². The van der Waals surface area contributed by atoms with Crippen LogP contribution in [0.3, 0.4) is 0 Å². The largest absolute Gasteiger partial charge is 0.412 e. The number of hydrogen-bond donors (Lipinski definition) is 0. The van der Waals surface area contributed by atoms with Gasteiger partial charge in [-0.1, -0.05) is 31.5 Å². The van der Waals surface area contributed by atoms with Crippen molar-refractivity contribution in [3.05, 3.63) is 35.7 Å². The Balaban J connectivity index is 2.18. The number of carbonyl (C=O) groups excluding carboxylic acids is 1. The first kappa shape index (κ1) is 15.2. The number of hydrogen-bond acceptors (Lipinski definition) is 4. The van der Waals surface area contributed by atoms with E-state index in [4.69, 9.17) is 4.42 Å². The van der Waals surface area contributed by atoms with Crippen LogP contribution in [0.15, 0.2) is 28.7 Å². The molecule has 1 aromatic heterocycles. The average Bonchev–Trinajstić information content (AvgIpc) is 2.97. The maximum Gasteiger partial charge on any atom is 0.311 e. The van der Waals surface area contributed by atoms with Crippen molar-refractivity contribution in [2.24, 2.45) is 0 Å². The smallest absolute Gasteiger partial charge is 0.311 e. The molecule has 1 aromatic carbocycles. The summed E-state index contributed by atoms with van der Waals surface area (Å²) in [5.74, 6) is 0.253. The van der Waals surface area contributed by atoms with Crippen LogP contribution in [0.5, 0.6) is 0 Å². The van der Waals surface area contributed by atoms with E-state index in [2.05, 4.69) is 10.2 Å². The molecule has 0 spiro atoms. The lowest BCUT2D eigenvalue weighted by atomic mass is 10.1. The van der Waals surface area contributed by atoms with Gasteiger partial charge in [0.2, 0.25) is 5.89 Å². The van der Waals surface area contributed by atoms with Crippen LogP contribution < -0.4 is 0 Å². The van der Waals surface area contributed by atoms with Gasteiger partial charge in [-0.2, -0.15) is 0 Å². The van der Waals surface area contributed by atoms with E-state index in [-0.39, 0.29) is 11.8 Å². The predicted molar refractivity (Wildman–Crippen MR) is 81.0 cm³/mol. The first-order valence-corrected chi connectivity index (χ1v) is 7.35. The second kappa shape index (κ2) is 7.02. The highest BCUT2D eigenvalue weighted by molar-refractivity contribution is 5.89. The molecule has 5 heteroatoms. The fourth-order valence-electron chi connectivity index (χ4n) is 2.11. The van der Waals surface area contributed by atoms with Gasteiger partial charge in [0.15, 0.2) is 0 Å². The lowest BCUT2D eigenvalue weighted by molar-refractivity contribution is 0.0716. The fourth-order valence-corrected chi connectivity index (χ4v) is 2.11. The van der Waals surface area contributed by atoms with Crippen molar-refractivity contribution in [2.45, 2.75) is 33.6 Å². The first-order chi connectivity index (χ1) is 10.2. The van der Waals surface area contributed by atoms with Crippen molar-refractivity contribution in [3.8, 4) is 11.5 Å². The highest BCUT2D eigenvalue weighted by atomic mass is 16.4. The van der Waals surface area contributed by atoms with Gasteiger partial charge in [0, 0.05) is 18.7 Å². The third kappa shape index (κ3) is 3.68. The molecular weight excluding hydrogens is 266 g/mol. The van der Waals surface area contributed by atoms with Gasteiger partial charge in [-0.25, -0.2) is 0 Å².